The van der Waals surface area contributed by atoms with Crippen molar-refractivity contribution in [1.29, 1.82) is 0 Å². The highest BCUT2D eigenvalue weighted by Crippen LogP contribution is 2.23. The van der Waals surface area contributed by atoms with Crippen molar-refractivity contribution >= 4 is 11.9 Å². The molecule has 0 aromatic rings. The second-order valence-electron chi connectivity index (χ2n) is 20.3. The number of rotatable bonds is 50. The molecule has 1 heterocycles. The Morgan fingerprint density at radius 1 is 0.514 bits per heavy atom. The molecule has 7 atom stereocenters. The number of hydrogen-bond acceptors (Lipinski definition) is 10. The Balaban J connectivity index is 2.05. The van der Waals surface area contributed by atoms with E-state index in [4.69, 9.17) is 14.2 Å². The number of amides is 1. The normalized spacial score (nSPS) is 19.5. The number of allylic oxidation sites excluding steroid dienone is 9. The average molecular weight is 1020 g/mol. The Labute approximate surface area is 439 Å². The van der Waals surface area contributed by atoms with E-state index >= 15 is 0 Å². The van der Waals surface area contributed by atoms with E-state index in [0.717, 1.165) is 89.9 Å². The van der Waals surface area contributed by atoms with E-state index < -0.39 is 49.5 Å². The van der Waals surface area contributed by atoms with Crippen LogP contribution < -0.4 is 5.32 Å². The molecule has 72 heavy (non-hydrogen) atoms. The van der Waals surface area contributed by atoms with Crippen LogP contribution in [0.5, 0.6) is 0 Å². The van der Waals surface area contributed by atoms with Crippen molar-refractivity contribution in [3.8, 4) is 0 Å². The van der Waals surface area contributed by atoms with Gasteiger partial charge in [-0.25, -0.2) is 0 Å². The molecule has 1 amide bonds. The summed E-state index contributed by atoms with van der Waals surface area (Å²) in [7, 11) is 0. The molecular weight excluding hydrogens is 907 g/mol. The maximum atomic E-state index is 13.0. The lowest BCUT2D eigenvalue weighted by Gasteiger charge is -2.40. The van der Waals surface area contributed by atoms with E-state index in [9.17, 15) is 35.1 Å². The quantitative estimate of drug-likeness (QED) is 0.0195. The van der Waals surface area contributed by atoms with Crippen LogP contribution in [-0.4, -0.2) is 100 Å². The van der Waals surface area contributed by atoms with Crippen LogP contribution in [0.4, 0.5) is 0 Å². The summed E-state index contributed by atoms with van der Waals surface area (Å²) in [6, 6.07) is -0.835. The lowest BCUT2D eigenvalue weighted by molar-refractivity contribution is -0.302. The van der Waals surface area contributed by atoms with Crippen molar-refractivity contribution in [3.63, 3.8) is 0 Å². The average Bonchev–Trinajstić information content (AvgIpc) is 3.38. The number of hydrogen-bond donors (Lipinski definition) is 6. The third-order valence-electron chi connectivity index (χ3n) is 13.6. The molecule has 11 heteroatoms. The van der Waals surface area contributed by atoms with Gasteiger partial charge in [-0.15, -0.1) is 0 Å². The van der Waals surface area contributed by atoms with Gasteiger partial charge in [-0.05, 0) is 103 Å². The summed E-state index contributed by atoms with van der Waals surface area (Å²) in [6.45, 7) is 4.22. The molecule has 0 saturated carbocycles. The smallest absolute Gasteiger partial charge is 0.305 e. The summed E-state index contributed by atoms with van der Waals surface area (Å²) in [5.41, 5.74) is 0. The minimum absolute atomic E-state index is 0.0163. The molecule has 0 aromatic heterocycles. The first kappa shape index (κ1) is 67.4. The summed E-state index contributed by atoms with van der Waals surface area (Å²) in [5, 5.41) is 54.1. The van der Waals surface area contributed by atoms with E-state index in [1.807, 2.05) is 6.08 Å². The standard InChI is InChI=1S/C61H109NO10/c1-3-5-7-9-11-13-14-29-33-37-41-45-49-57(66)70-50-46-42-38-34-30-27-25-23-21-19-17-15-16-18-20-22-24-26-28-32-36-40-44-48-56(65)62-53(54(64)47-43-39-35-31-12-10-8-6-4-2)52-71-61-60(69)59(68)58(67)55(51-63)72-61/h11-13,15,17-18,20,31,43,47,53-55,58-61,63-64,67-69H,3-10,14,16,19,21-30,32-42,44-46,48-52H2,1-2H3,(H,62,65)/b13-11-,17-15-,20-18-,31-12+,47-43+. The number of esters is 1. The van der Waals surface area contributed by atoms with Gasteiger partial charge >= 0.3 is 5.97 Å². The third kappa shape index (κ3) is 39.8. The maximum absolute atomic E-state index is 13.0. The largest absolute Gasteiger partial charge is 0.466 e. The Bertz CT molecular complexity index is 1380. The summed E-state index contributed by atoms with van der Waals surface area (Å²) >= 11 is 0. The van der Waals surface area contributed by atoms with E-state index in [-0.39, 0.29) is 18.5 Å². The fourth-order valence-corrected chi connectivity index (χ4v) is 8.83. The molecule has 1 aliphatic rings. The van der Waals surface area contributed by atoms with Gasteiger partial charge in [-0.1, -0.05) is 197 Å². The molecule has 0 aromatic carbocycles. The highest BCUT2D eigenvalue weighted by Gasteiger charge is 2.44. The molecule has 7 unspecified atom stereocenters. The van der Waals surface area contributed by atoms with Gasteiger partial charge in [0.1, 0.15) is 24.4 Å². The molecule has 0 spiro atoms. The molecule has 418 valence electrons. The molecule has 11 nitrogen and oxygen atoms in total. The fourth-order valence-electron chi connectivity index (χ4n) is 8.83. The zero-order chi connectivity index (χ0) is 52.4. The molecule has 0 bridgehead atoms. The predicted molar refractivity (Wildman–Crippen MR) is 296 cm³/mol. The SMILES string of the molecule is CCCCC/C=C\CCCCCCCC(=O)OCCCCCCCCCCC/C=C\C/C=C\CCCCCCCCCC(=O)NC(COC1OC(CO)C(O)C(O)C1O)C(O)/C=C/CC/C=C/CCCCC. The van der Waals surface area contributed by atoms with Gasteiger partial charge in [0.25, 0.3) is 0 Å². The van der Waals surface area contributed by atoms with Gasteiger partial charge in [-0.3, -0.25) is 9.59 Å². The van der Waals surface area contributed by atoms with E-state index in [1.54, 1.807) is 6.08 Å². The number of aliphatic hydroxyl groups excluding tert-OH is 5. The first-order chi connectivity index (χ1) is 35.2. The van der Waals surface area contributed by atoms with Gasteiger partial charge in [0.15, 0.2) is 6.29 Å². The van der Waals surface area contributed by atoms with Crippen LogP contribution in [0.2, 0.25) is 0 Å². The Morgan fingerprint density at radius 2 is 0.944 bits per heavy atom. The first-order valence-corrected chi connectivity index (χ1v) is 29.6. The Hall–Kier alpha value is -2.64. The second kappa shape index (κ2) is 50.5. The number of ether oxygens (including phenoxy) is 3. The lowest BCUT2D eigenvalue weighted by atomic mass is 9.99. The van der Waals surface area contributed by atoms with Crippen LogP contribution in [0, 0.1) is 0 Å². The van der Waals surface area contributed by atoms with Crippen molar-refractivity contribution < 1.29 is 49.3 Å². The van der Waals surface area contributed by atoms with Gasteiger partial charge in [0.2, 0.25) is 5.91 Å². The number of carbonyl (C=O) groups excluding carboxylic acids is 2. The second-order valence-corrected chi connectivity index (χ2v) is 20.3. The van der Waals surface area contributed by atoms with E-state index in [0.29, 0.717) is 19.4 Å². The predicted octanol–water partition coefficient (Wildman–Crippen LogP) is 13.4. The molecule has 1 fully saturated rings. The fraction of sp³-hybridized carbons (Fsp3) is 0.803. The Morgan fingerprint density at radius 3 is 1.46 bits per heavy atom. The molecule has 1 rings (SSSR count). The van der Waals surface area contributed by atoms with Gasteiger partial charge in [0, 0.05) is 12.8 Å². The van der Waals surface area contributed by atoms with Crippen LogP contribution in [-0.2, 0) is 23.8 Å². The molecule has 6 N–H and O–H groups in total. The zero-order valence-electron chi connectivity index (χ0n) is 45.9. The summed E-state index contributed by atoms with van der Waals surface area (Å²) in [6.07, 6.45) is 54.8. The monoisotopic (exact) mass is 1020 g/mol. The van der Waals surface area contributed by atoms with E-state index in [1.165, 1.54) is 135 Å². The van der Waals surface area contributed by atoms with Crippen LogP contribution in [0.15, 0.2) is 60.8 Å². The highest BCUT2D eigenvalue weighted by molar-refractivity contribution is 5.76. The van der Waals surface area contributed by atoms with Crippen molar-refractivity contribution in [1.82, 2.24) is 5.32 Å². The minimum Gasteiger partial charge on any atom is -0.466 e. The topological polar surface area (TPSA) is 175 Å². The first-order valence-electron chi connectivity index (χ1n) is 29.6. The Kier molecular flexibility index (Phi) is 47.3. The van der Waals surface area contributed by atoms with Crippen LogP contribution >= 0.6 is 0 Å². The third-order valence-corrected chi connectivity index (χ3v) is 13.6. The summed E-state index contributed by atoms with van der Waals surface area (Å²) < 4.78 is 16.6. The summed E-state index contributed by atoms with van der Waals surface area (Å²) in [4.78, 5) is 25.0. The maximum Gasteiger partial charge on any atom is 0.305 e. The van der Waals surface area contributed by atoms with Gasteiger partial charge < -0.3 is 45.1 Å². The molecule has 1 saturated heterocycles. The van der Waals surface area contributed by atoms with Crippen molar-refractivity contribution in [3.05, 3.63) is 60.8 Å². The highest BCUT2D eigenvalue weighted by atomic mass is 16.7. The van der Waals surface area contributed by atoms with Crippen LogP contribution in [0.25, 0.3) is 0 Å². The van der Waals surface area contributed by atoms with Crippen LogP contribution in [0.3, 0.4) is 0 Å². The minimum atomic E-state index is -1.58. The van der Waals surface area contributed by atoms with Crippen molar-refractivity contribution in [2.75, 3.05) is 19.8 Å². The van der Waals surface area contributed by atoms with E-state index in [2.05, 4.69) is 67.8 Å². The number of nitrogens with one attached hydrogen (secondary N) is 1. The zero-order valence-corrected chi connectivity index (χ0v) is 45.9. The number of unbranched alkanes of at least 4 members (excludes halogenated alkanes) is 28. The molecular formula is C61H109NO10. The van der Waals surface area contributed by atoms with Gasteiger partial charge in [-0.2, -0.15) is 0 Å². The number of aliphatic hydroxyl groups is 5. The number of carbonyl (C=O) groups is 2. The molecule has 1 aliphatic heterocycles. The van der Waals surface area contributed by atoms with Gasteiger partial charge in [0.05, 0.1) is 32.0 Å². The van der Waals surface area contributed by atoms with Crippen molar-refractivity contribution in [2.45, 2.75) is 294 Å². The van der Waals surface area contributed by atoms with Crippen LogP contribution in [0.1, 0.15) is 251 Å². The van der Waals surface area contributed by atoms with Crippen molar-refractivity contribution in [2.24, 2.45) is 0 Å². The lowest BCUT2D eigenvalue weighted by Crippen LogP contribution is -2.60. The molecule has 0 aliphatic carbocycles. The molecule has 0 radical (unpaired) electrons. The summed E-state index contributed by atoms with van der Waals surface area (Å²) in [5.74, 6) is -0.223.